The fourth-order valence-electron chi connectivity index (χ4n) is 1.60. The average molecular weight is 186 g/mol. The van der Waals surface area contributed by atoms with E-state index in [1.807, 2.05) is 11.8 Å². The van der Waals surface area contributed by atoms with Crippen molar-refractivity contribution in [1.29, 1.82) is 5.41 Å². The summed E-state index contributed by atoms with van der Waals surface area (Å²) >= 11 is 1.94. The maximum Gasteiger partial charge on any atom is 0.0955 e. The van der Waals surface area contributed by atoms with Crippen LogP contribution in [0.25, 0.3) is 0 Å². The number of hydrogen-bond donors (Lipinski definition) is 1. The van der Waals surface area contributed by atoms with Gasteiger partial charge in [0, 0.05) is 24.8 Å². The summed E-state index contributed by atoms with van der Waals surface area (Å²) < 4.78 is 0. The number of piperidine rings is 1. The van der Waals surface area contributed by atoms with Crippen LogP contribution < -0.4 is 0 Å². The summed E-state index contributed by atoms with van der Waals surface area (Å²) in [5.74, 6) is 0.814. The summed E-state index contributed by atoms with van der Waals surface area (Å²) in [7, 11) is 0. The highest BCUT2D eigenvalue weighted by atomic mass is 32.2. The maximum absolute atomic E-state index is 7.71. The van der Waals surface area contributed by atoms with Crippen LogP contribution in [0.15, 0.2) is 0 Å². The Kier molecular flexibility index (Phi) is 3.92. The van der Waals surface area contributed by atoms with E-state index in [1.165, 1.54) is 12.8 Å². The van der Waals surface area contributed by atoms with Crippen molar-refractivity contribution in [3.05, 3.63) is 0 Å². The molecule has 3 heteroatoms. The van der Waals surface area contributed by atoms with Gasteiger partial charge in [-0.25, -0.2) is 0 Å². The summed E-state index contributed by atoms with van der Waals surface area (Å²) in [5, 5.41) is 8.47. The summed E-state index contributed by atoms with van der Waals surface area (Å²) in [4.78, 5) is 2.23. The third kappa shape index (κ3) is 2.41. The van der Waals surface area contributed by atoms with Crippen molar-refractivity contribution < 1.29 is 0 Å². The molecule has 0 radical (unpaired) electrons. The SMILES string of the molecule is CCC(=N)N1CCCC(SC)C1. The van der Waals surface area contributed by atoms with E-state index in [-0.39, 0.29) is 0 Å². The van der Waals surface area contributed by atoms with Crippen LogP contribution in [-0.4, -0.2) is 35.3 Å². The first-order valence-corrected chi connectivity index (χ1v) is 5.92. The molecule has 1 atom stereocenters. The van der Waals surface area contributed by atoms with Gasteiger partial charge in [-0.2, -0.15) is 11.8 Å². The van der Waals surface area contributed by atoms with Crippen LogP contribution >= 0.6 is 11.8 Å². The second-order valence-electron chi connectivity index (χ2n) is 3.25. The average Bonchev–Trinajstić information content (AvgIpc) is 2.17. The predicted octanol–water partition coefficient (Wildman–Crippen LogP) is 2.20. The normalized spacial score (nSPS) is 24.2. The Balaban J connectivity index is 2.40. The molecule has 0 bridgehead atoms. The summed E-state index contributed by atoms with van der Waals surface area (Å²) in [5.41, 5.74) is 0. The Morgan fingerprint density at radius 2 is 2.42 bits per heavy atom. The number of nitrogens with zero attached hydrogens (tertiary/aromatic N) is 1. The second kappa shape index (κ2) is 4.75. The van der Waals surface area contributed by atoms with Gasteiger partial charge in [0.05, 0.1) is 5.84 Å². The number of rotatable bonds is 2. The van der Waals surface area contributed by atoms with Gasteiger partial charge in [-0.05, 0) is 19.1 Å². The van der Waals surface area contributed by atoms with E-state index in [0.717, 1.165) is 30.6 Å². The molecule has 1 aliphatic heterocycles. The quantitative estimate of drug-likeness (QED) is 0.529. The van der Waals surface area contributed by atoms with Gasteiger partial charge in [0.25, 0.3) is 0 Å². The lowest BCUT2D eigenvalue weighted by Gasteiger charge is -2.33. The molecule has 70 valence electrons. The number of likely N-dealkylation sites (tertiary alicyclic amines) is 1. The van der Waals surface area contributed by atoms with Crippen LogP contribution in [0.1, 0.15) is 26.2 Å². The molecule has 0 aromatic rings. The summed E-state index contributed by atoms with van der Waals surface area (Å²) in [6.07, 6.45) is 5.63. The van der Waals surface area contributed by atoms with E-state index in [2.05, 4.69) is 18.1 Å². The van der Waals surface area contributed by atoms with Gasteiger partial charge in [0.1, 0.15) is 0 Å². The number of thioether (sulfide) groups is 1. The summed E-state index contributed by atoms with van der Waals surface area (Å²) in [6.45, 7) is 4.25. The van der Waals surface area contributed by atoms with Crippen LogP contribution in [0.5, 0.6) is 0 Å². The van der Waals surface area contributed by atoms with Crippen molar-refractivity contribution in [2.24, 2.45) is 0 Å². The first-order chi connectivity index (χ1) is 5.77. The maximum atomic E-state index is 7.71. The molecule has 0 spiro atoms. The highest BCUT2D eigenvalue weighted by molar-refractivity contribution is 7.99. The van der Waals surface area contributed by atoms with Gasteiger partial charge in [-0.15, -0.1) is 0 Å². The van der Waals surface area contributed by atoms with E-state index in [1.54, 1.807) is 0 Å². The predicted molar refractivity (Wildman–Crippen MR) is 56.1 cm³/mol. The largest absolute Gasteiger partial charge is 0.359 e. The Morgan fingerprint density at radius 3 is 3.00 bits per heavy atom. The standard InChI is InChI=1S/C9H18N2S/c1-3-9(10)11-6-4-5-8(7-11)12-2/h8,10H,3-7H2,1-2H3. The lowest BCUT2D eigenvalue weighted by atomic mass is 10.1. The van der Waals surface area contributed by atoms with Crippen molar-refractivity contribution in [2.45, 2.75) is 31.4 Å². The topological polar surface area (TPSA) is 27.1 Å². The van der Waals surface area contributed by atoms with Crippen LogP contribution in [0.4, 0.5) is 0 Å². The van der Waals surface area contributed by atoms with Gasteiger partial charge < -0.3 is 4.90 Å². The second-order valence-corrected chi connectivity index (χ2v) is 4.38. The molecule has 12 heavy (non-hydrogen) atoms. The zero-order valence-corrected chi connectivity index (χ0v) is 8.78. The van der Waals surface area contributed by atoms with Crippen molar-refractivity contribution in [1.82, 2.24) is 4.90 Å². The smallest absolute Gasteiger partial charge is 0.0955 e. The van der Waals surface area contributed by atoms with E-state index in [4.69, 9.17) is 5.41 Å². The molecule has 1 saturated heterocycles. The number of hydrogen-bond acceptors (Lipinski definition) is 2. The molecule has 0 aromatic heterocycles. The molecule has 0 saturated carbocycles. The van der Waals surface area contributed by atoms with Gasteiger partial charge in [-0.1, -0.05) is 6.92 Å². The molecule has 0 amide bonds. The minimum Gasteiger partial charge on any atom is -0.359 e. The summed E-state index contributed by atoms with van der Waals surface area (Å²) in [6, 6.07) is 0. The Hall–Kier alpha value is -0.180. The fourth-order valence-corrected chi connectivity index (χ4v) is 2.33. The van der Waals surface area contributed by atoms with Gasteiger partial charge >= 0.3 is 0 Å². The minimum absolute atomic E-state index is 0.755. The van der Waals surface area contributed by atoms with Crippen LogP contribution in [0.2, 0.25) is 0 Å². The van der Waals surface area contributed by atoms with Crippen molar-refractivity contribution in [2.75, 3.05) is 19.3 Å². The van der Waals surface area contributed by atoms with Gasteiger partial charge in [0.2, 0.25) is 0 Å². The van der Waals surface area contributed by atoms with Crippen LogP contribution in [0, 0.1) is 5.41 Å². The van der Waals surface area contributed by atoms with Crippen LogP contribution in [-0.2, 0) is 0 Å². The number of nitrogens with one attached hydrogen (secondary N) is 1. The van der Waals surface area contributed by atoms with Gasteiger partial charge in [-0.3, -0.25) is 5.41 Å². The lowest BCUT2D eigenvalue weighted by Crippen LogP contribution is -2.40. The molecule has 1 fully saturated rings. The molecule has 1 aliphatic rings. The third-order valence-electron chi connectivity index (χ3n) is 2.43. The first-order valence-electron chi connectivity index (χ1n) is 4.63. The molecule has 1 rings (SSSR count). The van der Waals surface area contributed by atoms with Crippen molar-refractivity contribution in [3.63, 3.8) is 0 Å². The fraction of sp³-hybridized carbons (Fsp3) is 0.889. The lowest BCUT2D eigenvalue weighted by molar-refractivity contribution is 0.343. The van der Waals surface area contributed by atoms with E-state index < -0.39 is 0 Å². The minimum atomic E-state index is 0.755. The highest BCUT2D eigenvalue weighted by Crippen LogP contribution is 2.20. The molecule has 0 aliphatic carbocycles. The Bertz CT molecular complexity index is 159. The van der Waals surface area contributed by atoms with Gasteiger partial charge in [0.15, 0.2) is 0 Å². The van der Waals surface area contributed by atoms with Crippen molar-refractivity contribution in [3.8, 4) is 0 Å². The molecular formula is C9H18N2S. The zero-order valence-electron chi connectivity index (χ0n) is 7.97. The zero-order chi connectivity index (χ0) is 8.97. The van der Waals surface area contributed by atoms with E-state index in [9.17, 15) is 0 Å². The molecule has 2 nitrogen and oxygen atoms in total. The molecule has 0 aromatic carbocycles. The molecule has 1 heterocycles. The first kappa shape index (κ1) is 9.90. The Labute approximate surface area is 79.2 Å². The highest BCUT2D eigenvalue weighted by Gasteiger charge is 2.19. The van der Waals surface area contributed by atoms with E-state index >= 15 is 0 Å². The molecular weight excluding hydrogens is 168 g/mol. The van der Waals surface area contributed by atoms with E-state index in [0.29, 0.717) is 0 Å². The molecule has 1 unspecified atom stereocenters. The Morgan fingerprint density at radius 1 is 1.67 bits per heavy atom. The monoisotopic (exact) mass is 186 g/mol. The van der Waals surface area contributed by atoms with Crippen LogP contribution in [0.3, 0.4) is 0 Å². The third-order valence-corrected chi connectivity index (χ3v) is 3.48. The van der Waals surface area contributed by atoms with Crippen molar-refractivity contribution >= 4 is 17.6 Å². The molecule has 1 N–H and O–H groups in total. The number of amidine groups is 1.